The number of carbonyl (C=O) groups is 2. The molecule has 0 spiro atoms. The molecule has 8 heteroatoms. The summed E-state index contributed by atoms with van der Waals surface area (Å²) in [5, 5.41) is 3.45. The number of methoxy groups -OCH3 is 2. The maximum absolute atomic E-state index is 13.0. The molecule has 1 heterocycles. The minimum atomic E-state index is -0.824. The van der Waals surface area contributed by atoms with E-state index in [-0.39, 0.29) is 11.8 Å². The summed E-state index contributed by atoms with van der Waals surface area (Å²) >= 11 is 6.08. The Morgan fingerprint density at radius 2 is 1.70 bits per heavy atom. The van der Waals surface area contributed by atoms with Crippen LogP contribution in [0.5, 0.6) is 11.5 Å². The van der Waals surface area contributed by atoms with Crippen LogP contribution in [0.4, 0.5) is 0 Å². The molecule has 0 aromatic heterocycles. The average molecular weight is 465 g/mol. The predicted molar refractivity (Wildman–Crippen MR) is 125 cm³/mol. The third kappa shape index (κ3) is 4.83. The maximum Gasteiger partial charge on any atom is 0.304 e. The Morgan fingerprint density at radius 3 is 2.36 bits per heavy atom. The molecule has 168 valence electrons. The van der Waals surface area contributed by atoms with E-state index in [4.69, 9.17) is 21.1 Å². The highest BCUT2D eigenvalue weighted by molar-refractivity contribution is 6.30. The van der Waals surface area contributed by atoms with Crippen LogP contribution in [0.2, 0.25) is 5.02 Å². The summed E-state index contributed by atoms with van der Waals surface area (Å²) in [4.78, 5) is 25.8. The Hall–Kier alpha value is -3.84. The molecule has 0 saturated carbocycles. The molecule has 0 aliphatic carbocycles. The number of hydrazone groups is 1. The molecule has 0 unspecified atom stereocenters. The first-order valence-electron chi connectivity index (χ1n) is 10.3. The number of nitrogens with zero attached hydrogens (tertiary/aromatic N) is 1. The van der Waals surface area contributed by atoms with Crippen LogP contribution in [-0.4, -0.2) is 43.0 Å². The van der Waals surface area contributed by atoms with Crippen LogP contribution in [0.25, 0.3) is 0 Å². The fourth-order valence-electron chi connectivity index (χ4n) is 3.75. The number of rotatable bonds is 6. The lowest BCUT2D eigenvalue weighted by molar-refractivity contribution is -0.596. The van der Waals surface area contributed by atoms with Gasteiger partial charge in [0.2, 0.25) is 12.3 Å². The SMILES string of the molecule is COc1ccc(/C=[N+]2\NC(=O)[C@@H](NC(=O)c3ccccc3)[C@@H]2c2ccc(Cl)cc2)cc1OC. The first kappa shape index (κ1) is 22.4. The van der Waals surface area contributed by atoms with Crippen molar-refractivity contribution < 1.29 is 23.7 Å². The van der Waals surface area contributed by atoms with Crippen molar-refractivity contribution in [1.29, 1.82) is 0 Å². The van der Waals surface area contributed by atoms with Crippen molar-refractivity contribution >= 4 is 29.6 Å². The minimum absolute atomic E-state index is 0.323. The highest BCUT2D eigenvalue weighted by Gasteiger charge is 2.47. The quantitative estimate of drug-likeness (QED) is 0.548. The van der Waals surface area contributed by atoms with Crippen LogP contribution in [-0.2, 0) is 4.79 Å². The van der Waals surface area contributed by atoms with Gasteiger partial charge >= 0.3 is 5.91 Å². The van der Waals surface area contributed by atoms with E-state index in [2.05, 4.69) is 10.7 Å². The summed E-state index contributed by atoms with van der Waals surface area (Å²) in [6.07, 6.45) is 1.79. The van der Waals surface area contributed by atoms with Crippen LogP contribution < -0.4 is 20.2 Å². The van der Waals surface area contributed by atoms with E-state index in [1.807, 2.05) is 24.3 Å². The Bertz CT molecular complexity index is 1200. The first-order chi connectivity index (χ1) is 16.0. The Labute approximate surface area is 196 Å². The third-order valence-corrected chi connectivity index (χ3v) is 5.62. The van der Waals surface area contributed by atoms with Crippen molar-refractivity contribution in [2.24, 2.45) is 0 Å². The molecule has 3 aromatic rings. The van der Waals surface area contributed by atoms with Crippen molar-refractivity contribution in [3.8, 4) is 11.5 Å². The molecule has 2 amide bonds. The maximum atomic E-state index is 13.0. The van der Waals surface area contributed by atoms with Crippen LogP contribution in [0.1, 0.15) is 27.5 Å². The van der Waals surface area contributed by atoms with Gasteiger partial charge in [-0.2, -0.15) is 0 Å². The smallest absolute Gasteiger partial charge is 0.304 e. The Kier molecular flexibility index (Phi) is 6.60. The fourth-order valence-corrected chi connectivity index (χ4v) is 3.87. The number of halogens is 1. The minimum Gasteiger partial charge on any atom is -0.493 e. The monoisotopic (exact) mass is 464 g/mol. The summed E-state index contributed by atoms with van der Waals surface area (Å²) < 4.78 is 12.4. The van der Waals surface area contributed by atoms with Crippen LogP contribution >= 0.6 is 11.6 Å². The van der Waals surface area contributed by atoms with Gasteiger partial charge < -0.3 is 14.8 Å². The van der Waals surface area contributed by atoms with Crippen LogP contribution in [0.15, 0.2) is 72.8 Å². The van der Waals surface area contributed by atoms with Crippen molar-refractivity contribution in [3.05, 3.63) is 94.5 Å². The molecule has 1 aliphatic heterocycles. The lowest BCUT2D eigenvalue weighted by Crippen LogP contribution is -2.42. The zero-order valence-electron chi connectivity index (χ0n) is 18.1. The van der Waals surface area contributed by atoms with Gasteiger partial charge in [-0.15, -0.1) is 10.1 Å². The van der Waals surface area contributed by atoms with Gasteiger partial charge in [0.05, 0.1) is 14.2 Å². The molecule has 1 aliphatic rings. The summed E-state index contributed by atoms with van der Waals surface area (Å²) in [6.45, 7) is 0. The topological polar surface area (TPSA) is 79.7 Å². The number of ether oxygens (including phenoxy) is 2. The zero-order valence-corrected chi connectivity index (χ0v) is 18.9. The molecule has 3 aromatic carbocycles. The van der Waals surface area contributed by atoms with Gasteiger partial charge in [0, 0.05) is 21.7 Å². The van der Waals surface area contributed by atoms with Crippen LogP contribution in [0.3, 0.4) is 0 Å². The normalized spacial score (nSPS) is 18.6. The summed E-state index contributed by atoms with van der Waals surface area (Å²) in [7, 11) is 3.13. The Balaban J connectivity index is 1.72. The van der Waals surface area contributed by atoms with Crippen molar-refractivity contribution in [2.75, 3.05) is 14.2 Å². The van der Waals surface area contributed by atoms with Gasteiger partial charge in [0.25, 0.3) is 5.91 Å². The molecular weight excluding hydrogens is 442 g/mol. The molecule has 7 nitrogen and oxygen atoms in total. The largest absolute Gasteiger partial charge is 0.493 e. The molecule has 1 fully saturated rings. The van der Waals surface area contributed by atoms with Gasteiger partial charge in [-0.3, -0.25) is 9.59 Å². The van der Waals surface area contributed by atoms with Gasteiger partial charge in [-0.05, 0) is 42.5 Å². The van der Waals surface area contributed by atoms with Gasteiger partial charge in [-0.1, -0.05) is 41.9 Å². The second-order valence-corrected chi connectivity index (χ2v) is 7.88. The number of carbonyl (C=O) groups excluding carboxylic acids is 2. The van der Waals surface area contributed by atoms with E-state index in [0.717, 1.165) is 11.1 Å². The fraction of sp³-hybridized carbons (Fsp3) is 0.160. The number of amides is 2. The van der Waals surface area contributed by atoms with Gasteiger partial charge in [0.15, 0.2) is 17.5 Å². The molecular formula is C25H23ClN3O4+. The standard InChI is InChI=1S/C25H22ClN3O4/c1-32-20-13-8-16(14-21(20)33-2)15-29-23(17-9-11-19(26)12-10-17)22(25(31)28-29)27-24(30)18-6-4-3-5-7-18/h3-15,22-23H,1-2H3,(H-,27,28,30,31)/p+1/b29-15-/t22-,23-/m0/s1. The molecule has 1 saturated heterocycles. The van der Waals surface area contributed by atoms with Crippen molar-refractivity contribution in [3.63, 3.8) is 0 Å². The summed E-state index contributed by atoms with van der Waals surface area (Å²) in [5.41, 5.74) is 4.92. The highest BCUT2D eigenvalue weighted by Crippen LogP contribution is 2.29. The van der Waals surface area contributed by atoms with Gasteiger partial charge in [-0.25, -0.2) is 0 Å². The number of nitrogens with one attached hydrogen (secondary N) is 2. The van der Waals surface area contributed by atoms with E-state index in [1.54, 1.807) is 73.6 Å². The van der Waals surface area contributed by atoms with E-state index in [9.17, 15) is 9.59 Å². The molecule has 0 radical (unpaired) electrons. The predicted octanol–water partition coefficient (Wildman–Crippen LogP) is 3.37. The second-order valence-electron chi connectivity index (χ2n) is 7.44. The number of hydrogen-bond donors (Lipinski definition) is 2. The lowest BCUT2D eigenvalue weighted by atomic mass is 9.99. The summed E-state index contributed by atoms with van der Waals surface area (Å²) in [6, 6.07) is 20.1. The lowest BCUT2D eigenvalue weighted by Gasteiger charge is -2.15. The van der Waals surface area contributed by atoms with E-state index in [0.29, 0.717) is 22.1 Å². The third-order valence-electron chi connectivity index (χ3n) is 5.37. The second kappa shape index (κ2) is 9.75. The molecule has 2 N–H and O–H groups in total. The van der Waals surface area contributed by atoms with Gasteiger partial charge in [0.1, 0.15) is 0 Å². The molecule has 4 rings (SSSR count). The van der Waals surface area contributed by atoms with Crippen molar-refractivity contribution in [1.82, 2.24) is 10.7 Å². The molecule has 0 bridgehead atoms. The number of hydrazine groups is 1. The first-order valence-corrected chi connectivity index (χ1v) is 10.6. The summed E-state index contributed by atoms with van der Waals surface area (Å²) in [5.74, 6) is 0.509. The molecule has 2 atom stereocenters. The van der Waals surface area contributed by atoms with E-state index in [1.165, 1.54) is 0 Å². The number of benzene rings is 3. The van der Waals surface area contributed by atoms with Crippen LogP contribution in [0, 0.1) is 0 Å². The van der Waals surface area contributed by atoms with E-state index < -0.39 is 12.1 Å². The highest BCUT2D eigenvalue weighted by atomic mass is 35.5. The molecule has 33 heavy (non-hydrogen) atoms. The average Bonchev–Trinajstić information content (AvgIpc) is 3.14. The van der Waals surface area contributed by atoms with Crippen molar-refractivity contribution in [2.45, 2.75) is 12.1 Å². The Morgan fingerprint density at radius 1 is 1.00 bits per heavy atom. The van der Waals surface area contributed by atoms with E-state index >= 15 is 0 Å². The zero-order chi connectivity index (χ0) is 23.4. The number of hydrogen-bond acceptors (Lipinski definition) is 4.